The van der Waals surface area contributed by atoms with Gasteiger partial charge in [0.15, 0.2) is 5.76 Å². The summed E-state index contributed by atoms with van der Waals surface area (Å²) in [5.41, 5.74) is -3.58. The van der Waals surface area contributed by atoms with Crippen molar-refractivity contribution in [3.8, 4) is 11.5 Å². The van der Waals surface area contributed by atoms with Gasteiger partial charge in [-0.1, -0.05) is 36.4 Å². The van der Waals surface area contributed by atoms with Crippen molar-refractivity contribution in [3.05, 3.63) is 60.4 Å². The summed E-state index contributed by atoms with van der Waals surface area (Å²) in [6, 6.07) is 10.9. The normalized spacial score (nSPS) is 37.1. The number of ether oxygens (including phenoxy) is 3. The number of benzene rings is 2. The minimum absolute atomic E-state index is 0.461. The number of carbonyl (C=O) groups is 1. The first-order valence-electron chi connectivity index (χ1n) is 8.56. The molecule has 2 heterocycles. The number of hydrogen-bond acceptors (Lipinski definition) is 7. The fourth-order valence-electron chi connectivity index (χ4n) is 4.70. The van der Waals surface area contributed by atoms with Gasteiger partial charge >= 0.3 is 5.79 Å². The van der Waals surface area contributed by atoms with Crippen molar-refractivity contribution >= 4 is 16.6 Å². The van der Waals surface area contributed by atoms with Gasteiger partial charge in [-0.3, -0.25) is 4.79 Å². The van der Waals surface area contributed by atoms with E-state index in [4.69, 9.17) is 14.2 Å². The van der Waals surface area contributed by atoms with Crippen molar-refractivity contribution in [1.82, 2.24) is 0 Å². The quantitative estimate of drug-likeness (QED) is 0.474. The fraction of sp³-hybridized carbons (Fsp3) is 0.250. The molecule has 3 N–H and O–H groups in total. The molecule has 4 atom stereocenters. The SMILES string of the molecule is O=C1C(O)=CC2(Oc3cccc4cccc(c34)O2)[C@@]23O[C@@]12[C@H](O)C=C[C@H]3O. The molecule has 0 saturated carbocycles. The minimum Gasteiger partial charge on any atom is -0.504 e. The summed E-state index contributed by atoms with van der Waals surface area (Å²) >= 11 is 0. The highest BCUT2D eigenvalue weighted by molar-refractivity contribution is 6.07. The van der Waals surface area contributed by atoms with Crippen LogP contribution in [0.4, 0.5) is 0 Å². The minimum atomic E-state index is -1.86. The van der Waals surface area contributed by atoms with E-state index in [-0.39, 0.29) is 0 Å². The average Bonchev–Trinajstić information content (AvgIpc) is 3.39. The van der Waals surface area contributed by atoms with Gasteiger partial charge in [0.25, 0.3) is 0 Å². The molecule has 2 aliphatic heterocycles. The molecule has 6 rings (SSSR count). The summed E-state index contributed by atoms with van der Waals surface area (Å²) in [6.45, 7) is 0. The molecule has 7 heteroatoms. The van der Waals surface area contributed by atoms with Crippen LogP contribution in [-0.4, -0.2) is 50.3 Å². The smallest absolute Gasteiger partial charge is 0.310 e. The summed E-state index contributed by atoms with van der Waals surface area (Å²) < 4.78 is 18.0. The Hall–Kier alpha value is -2.87. The molecule has 4 aliphatic rings. The van der Waals surface area contributed by atoms with E-state index in [1.807, 2.05) is 24.3 Å². The number of rotatable bonds is 0. The molecule has 2 aliphatic carbocycles. The van der Waals surface area contributed by atoms with E-state index in [0.717, 1.165) is 16.8 Å². The number of carbonyl (C=O) groups excluding carboxylic acids is 1. The number of aliphatic hydroxyl groups is 3. The first-order chi connectivity index (χ1) is 13.0. The third-order valence-electron chi connectivity index (χ3n) is 5.91. The van der Waals surface area contributed by atoms with Crippen LogP contribution in [0.1, 0.15) is 0 Å². The van der Waals surface area contributed by atoms with Gasteiger partial charge in [0.2, 0.25) is 17.0 Å². The number of hydrogen-bond donors (Lipinski definition) is 3. The molecule has 0 unspecified atom stereocenters. The zero-order valence-corrected chi connectivity index (χ0v) is 13.8. The molecule has 2 aromatic carbocycles. The van der Waals surface area contributed by atoms with E-state index in [1.165, 1.54) is 12.2 Å². The lowest BCUT2D eigenvalue weighted by molar-refractivity contribution is -0.164. The van der Waals surface area contributed by atoms with Crippen molar-refractivity contribution in [2.45, 2.75) is 29.2 Å². The molecular weight excluding hydrogens is 352 g/mol. The molecule has 136 valence electrons. The lowest BCUT2D eigenvalue weighted by Gasteiger charge is -2.45. The Morgan fingerprint density at radius 2 is 1.56 bits per heavy atom. The van der Waals surface area contributed by atoms with Crippen LogP contribution in [0.3, 0.4) is 0 Å². The van der Waals surface area contributed by atoms with Gasteiger partial charge in [0.05, 0.1) is 5.39 Å². The van der Waals surface area contributed by atoms with Crippen molar-refractivity contribution in [1.29, 1.82) is 0 Å². The van der Waals surface area contributed by atoms with E-state index in [0.29, 0.717) is 11.5 Å². The highest BCUT2D eigenvalue weighted by atomic mass is 16.8. The van der Waals surface area contributed by atoms with Crippen LogP contribution < -0.4 is 9.47 Å². The first kappa shape index (κ1) is 15.2. The zero-order valence-electron chi connectivity index (χ0n) is 13.8. The van der Waals surface area contributed by atoms with E-state index in [9.17, 15) is 20.1 Å². The molecule has 1 spiro atoms. The van der Waals surface area contributed by atoms with E-state index < -0.39 is 40.7 Å². The zero-order chi connectivity index (χ0) is 18.6. The Kier molecular flexibility index (Phi) is 2.44. The Morgan fingerprint density at radius 3 is 2.22 bits per heavy atom. The van der Waals surface area contributed by atoms with Crippen molar-refractivity contribution in [2.24, 2.45) is 0 Å². The summed E-state index contributed by atoms with van der Waals surface area (Å²) in [5.74, 6) is -2.35. The van der Waals surface area contributed by atoms with Gasteiger partial charge in [0, 0.05) is 6.08 Å². The molecule has 0 radical (unpaired) electrons. The maximum atomic E-state index is 12.7. The summed E-state index contributed by atoms with van der Waals surface area (Å²) in [4.78, 5) is 12.7. The van der Waals surface area contributed by atoms with E-state index in [2.05, 4.69) is 0 Å². The van der Waals surface area contributed by atoms with Crippen LogP contribution in [0.5, 0.6) is 11.5 Å². The van der Waals surface area contributed by atoms with Crippen molar-refractivity contribution < 1.29 is 34.3 Å². The third-order valence-corrected chi connectivity index (χ3v) is 5.91. The van der Waals surface area contributed by atoms with Crippen LogP contribution in [0.25, 0.3) is 10.8 Å². The highest BCUT2D eigenvalue weighted by Crippen LogP contribution is 2.66. The average molecular weight is 366 g/mol. The highest BCUT2D eigenvalue weighted by Gasteiger charge is 2.93. The summed E-state index contributed by atoms with van der Waals surface area (Å²) in [5, 5.41) is 33.2. The van der Waals surface area contributed by atoms with Crippen LogP contribution in [0.15, 0.2) is 60.4 Å². The number of ketones is 1. The lowest BCUT2D eigenvalue weighted by atomic mass is 9.68. The van der Waals surface area contributed by atoms with Crippen LogP contribution in [0.2, 0.25) is 0 Å². The van der Waals surface area contributed by atoms with Gasteiger partial charge < -0.3 is 29.5 Å². The molecule has 2 aromatic rings. The molecular formula is C20H14O7. The second-order valence-corrected chi connectivity index (χ2v) is 7.19. The lowest BCUT2D eigenvalue weighted by Crippen LogP contribution is -2.69. The molecule has 1 saturated heterocycles. The summed E-state index contributed by atoms with van der Waals surface area (Å²) in [7, 11) is 0. The molecule has 1 fully saturated rings. The maximum absolute atomic E-state index is 12.7. The Morgan fingerprint density at radius 1 is 0.926 bits per heavy atom. The molecule has 0 bridgehead atoms. The van der Waals surface area contributed by atoms with Gasteiger partial charge in [-0.25, -0.2) is 0 Å². The maximum Gasteiger partial charge on any atom is 0.310 e. The fourth-order valence-corrected chi connectivity index (χ4v) is 4.70. The van der Waals surface area contributed by atoms with Gasteiger partial charge in [-0.05, 0) is 17.5 Å². The number of Topliss-reactive ketones (excluding diaryl/α,β-unsaturated/α-hetero) is 1. The van der Waals surface area contributed by atoms with E-state index >= 15 is 0 Å². The molecule has 0 amide bonds. The van der Waals surface area contributed by atoms with Crippen LogP contribution >= 0.6 is 0 Å². The van der Waals surface area contributed by atoms with Crippen LogP contribution in [0, 0.1) is 0 Å². The molecule has 27 heavy (non-hydrogen) atoms. The second kappa shape index (κ2) is 4.33. The second-order valence-electron chi connectivity index (χ2n) is 7.19. The largest absolute Gasteiger partial charge is 0.504 e. The van der Waals surface area contributed by atoms with Crippen LogP contribution in [-0.2, 0) is 9.53 Å². The number of epoxide rings is 1. The topological polar surface area (TPSA) is 109 Å². The van der Waals surface area contributed by atoms with Crippen molar-refractivity contribution in [2.75, 3.05) is 0 Å². The first-order valence-corrected chi connectivity index (χ1v) is 8.56. The monoisotopic (exact) mass is 366 g/mol. The molecule has 0 aromatic heterocycles. The van der Waals surface area contributed by atoms with Gasteiger partial charge in [-0.2, -0.15) is 0 Å². The third kappa shape index (κ3) is 1.42. The summed E-state index contributed by atoms with van der Waals surface area (Å²) in [6.07, 6.45) is 1.08. The van der Waals surface area contributed by atoms with Gasteiger partial charge in [-0.15, -0.1) is 0 Å². The Balaban J connectivity index is 1.64. The Labute approximate surface area is 152 Å². The van der Waals surface area contributed by atoms with Crippen molar-refractivity contribution in [3.63, 3.8) is 0 Å². The predicted octanol–water partition coefficient (Wildman–Crippen LogP) is 1.13. The standard InChI is InChI=1S/C20H14O7/c21-11-9-18(20-15(23)8-7-14(22)19(20,27-20)17(11)24)25-12-5-1-3-10-4-2-6-13(26-18)16(10)12/h1-9,14-15,21-23H/t14-,15-,19+,20-/m1/s1. The van der Waals surface area contributed by atoms with E-state index in [1.54, 1.807) is 12.1 Å². The Bertz CT molecular complexity index is 1060. The predicted molar refractivity (Wildman–Crippen MR) is 91.4 cm³/mol. The number of aliphatic hydroxyl groups excluding tert-OH is 3. The van der Waals surface area contributed by atoms with Gasteiger partial charge in [0.1, 0.15) is 23.7 Å². The molecule has 7 nitrogen and oxygen atoms in total.